The van der Waals surface area contributed by atoms with Crippen molar-refractivity contribution in [1.82, 2.24) is 4.90 Å². The molecule has 1 saturated heterocycles. The molecule has 0 radical (unpaired) electrons. The molecule has 0 aliphatic carbocycles. The molecule has 1 aliphatic rings. The van der Waals surface area contributed by atoms with E-state index >= 15 is 0 Å². The lowest BCUT2D eigenvalue weighted by molar-refractivity contribution is -0.136. The third-order valence-corrected chi connectivity index (χ3v) is 3.55. The van der Waals surface area contributed by atoms with Crippen LogP contribution < -0.4 is 0 Å². The lowest BCUT2D eigenvalue weighted by atomic mass is 9.88. The topological polar surface area (TPSA) is 49.8 Å². The number of amides is 1. The molecule has 0 spiro atoms. The van der Waals surface area contributed by atoms with Gasteiger partial charge >= 0.3 is 6.09 Å². The molecule has 1 rings (SSSR count). The van der Waals surface area contributed by atoms with Gasteiger partial charge in [0.05, 0.1) is 0 Å². The van der Waals surface area contributed by atoms with E-state index in [0.717, 1.165) is 6.42 Å². The van der Waals surface area contributed by atoms with E-state index in [9.17, 15) is 9.90 Å². The maximum absolute atomic E-state index is 11.8. The second-order valence-electron chi connectivity index (χ2n) is 5.34. The normalized spacial score (nSPS) is 31.2. The van der Waals surface area contributed by atoms with Crippen LogP contribution in [0.1, 0.15) is 40.5 Å². The molecule has 2 unspecified atom stereocenters. The Balaban J connectivity index is 2.85. The van der Waals surface area contributed by atoms with Gasteiger partial charge in [-0.15, -0.1) is 6.58 Å². The largest absolute Gasteiger partial charge is 0.438 e. The molecule has 0 saturated carbocycles. The zero-order valence-electron chi connectivity index (χ0n) is 11.7. The monoisotopic (exact) mass is 253 g/mol. The number of nitrogens with zero attached hydrogens (tertiary/aromatic N) is 1. The fourth-order valence-electron chi connectivity index (χ4n) is 2.11. The van der Waals surface area contributed by atoms with Gasteiger partial charge in [0.25, 0.3) is 0 Å². The Kier molecular flexibility index (Phi) is 4.22. The van der Waals surface area contributed by atoms with Crippen molar-refractivity contribution in [3.63, 3.8) is 0 Å². The van der Waals surface area contributed by atoms with E-state index in [1.54, 1.807) is 19.9 Å². The van der Waals surface area contributed by atoms with Crippen LogP contribution in [0.15, 0.2) is 24.3 Å². The maximum Gasteiger partial charge on any atom is 0.413 e. The standard InChI is InChI=1S/C14H23NO3/c1-6-10-15-12(16)18-13(4,14(15,5)17)9-7-8-11(2)3/h6,8,17H,1,7,9-10H2,2-5H3. The first-order valence-electron chi connectivity index (χ1n) is 6.22. The van der Waals surface area contributed by atoms with Crippen LogP contribution in [0.3, 0.4) is 0 Å². The average molecular weight is 253 g/mol. The molecule has 4 heteroatoms. The summed E-state index contributed by atoms with van der Waals surface area (Å²) in [5.74, 6) is 0. The summed E-state index contributed by atoms with van der Waals surface area (Å²) in [5, 5.41) is 10.6. The van der Waals surface area contributed by atoms with Gasteiger partial charge in [0, 0.05) is 6.54 Å². The summed E-state index contributed by atoms with van der Waals surface area (Å²) in [5.41, 5.74) is -0.988. The van der Waals surface area contributed by atoms with Crippen molar-refractivity contribution in [2.45, 2.75) is 51.9 Å². The SMILES string of the molecule is C=CCN1C(=O)OC(C)(CCC=C(C)C)C1(C)O. The molecule has 1 aliphatic heterocycles. The molecule has 1 N–H and O–H groups in total. The van der Waals surface area contributed by atoms with Gasteiger partial charge in [0.1, 0.15) is 0 Å². The van der Waals surface area contributed by atoms with Crippen LogP contribution in [0.2, 0.25) is 0 Å². The number of ether oxygens (including phenoxy) is 1. The predicted octanol–water partition coefficient (Wildman–Crippen LogP) is 2.84. The van der Waals surface area contributed by atoms with Crippen molar-refractivity contribution in [3.8, 4) is 0 Å². The minimum Gasteiger partial charge on any atom is -0.438 e. The van der Waals surface area contributed by atoms with Crippen molar-refractivity contribution in [1.29, 1.82) is 0 Å². The van der Waals surface area contributed by atoms with Gasteiger partial charge in [-0.1, -0.05) is 17.7 Å². The number of carbonyl (C=O) groups is 1. The van der Waals surface area contributed by atoms with Gasteiger partial charge < -0.3 is 9.84 Å². The number of aliphatic hydroxyl groups is 1. The zero-order valence-corrected chi connectivity index (χ0v) is 11.7. The van der Waals surface area contributed by atoms with Crippen LogP contribution >= 0.6 is 0 Å². The Morgan fingerprint density at radius 3 is 2.61 bits per heavy atom. The Morgan fingerprint density at radius 1 is 1.50 bits per heavy atom. The van der Waals surface area contributed by atoms with Crippen molar-refractivity contribution < 1.29 is 14.6 Å². The first kappa shape index (κ1) is 14.8. The highest BCUT2D eigenvalue weighted by Gasteiger charge is 2.58. The third-order valence-electron chi connectivity index (χ3n) is 3.55. The Labute approximate surface area is 109 Å². The van der Waals surface area contributed by atoms with Crippen LogP contribution in [0.25, 0.3) is 0 Å². The molecule has 0 bridgehead atoms. The predicted molar refractivity (Wildman–Crippen MR) is 71.1 cm³/mol. The number of carbonyl (C=O) groups excluding carboxylic acids is 1. The first-order chi connectivity index (χ1) is 8.24. The summed E-state index contributed by atoms with van der Waals surface area (Å²) in [4.78, 5) is 13.1. The van der Waals surface area contributed by atoms with Crippen molar-refractivity contribution in [2.75, 3.05) is 6.54 Å². The minimum atomic E-state index is -1.31. The summed E-state index contributed by atoms with van der Waals surface area (Å²) < 4.78 is 5.37. The summed E-state index contributed by atoms with van der Waals surface area (Å²) >= 11 is 0. The molecule has 0 aromatic rings. The quantitative estimate of drug-likeness (QED) is 0.766. The molecular formula is C14H23NO3. The van der Waals surface area contributed by atoms with Gasteiger partial charge in [0.2, 0.25) is 0 Å². The van der Waals surface area contributed by atoms with E-state index in [0.29, 0.717) is 6.42 Å². The molecule has 1 fully saturated rings. The summed E-state index contributed by atoms with van der Waals surface area (Å²) in [6, 6.07) is 0. The summed E-state index contributed by atoms with van der Waals surface area (Å²) in [6.45, 7) is 11.3. The van der Waals surface area contributed by atoms with Crippen molar-refractivity contribution in [3.05, 3.63) is 24.3 Å². The second-order valence-corrected chi connectivity index (χ2v) is 5.34. The van der Waals surface area contributed by atoms with E-state index in [4.69, 9.17) is 4.74 Å². The summed E-state index contributed by atoms with van der Waals surface area (Å²) in [7, 11) is 0. The Morgan fingerprint density at radius 2 is 2.11 bits per heavy atom. The van der Waals surface area contributed by atoms with Gasteiger partial charge in [0.15, 0.2) is 11.3 Å². The fraction of sp³-hybridized carbons (Fsp3) is 0.643. The third kappa shape index (κ3) is 2.58. The molecule has 0 aromatic carbocycles. The minimum absolute atomic E-state index is 0.282. The fourth-order valence-corrected chi connectivity index (χ4v) is 2.11. The van der Waals surface area contributed by atoms with E-state index in [-0.39, 0.29) is 6.54 Å². The highest BCUT2D eigenvalue weighted by atomic mass is 16.6. The number of hydrogen-bond acceptors (Lipinski definition) is 3. The lowest BCUT2D eigenvalue weighted by Gasteiger charge is -2.37. The van der Waals surface area contributed by atoms with Crippen LogP contribution in [-0.4, -0.2) is 34.0 Å². The Bertz CT molecular complexity index is 369. The molecule has 18 heavy (non-hydrogen) atoms. The van der Waals surface area contributed by atoms with Crippen LogP contribution in [0.4, 0.5) is 4.79 Å². The van der Waals surface area contributed by atoms with Crippen molar-refractivity contribution >= 4 is 6.09 Å². The molecule has 102 valence electrons. The molecule has 1 heterocycles. The van der Waals surface area contributed by atoms with Crippen LogP contribution in [0, 0.1) is 0 Å². The summed E-state index contributed by atoms with van der Waals surface area (Å²) in [6.07, 6.45) is 4.53. The van der Waals surface area contributed by atoms with Crippen LogP contribution in [-0.2, 0) is 4.74 Å². The molecule has 0 aromatic heterocycles. The molecule has 1 amide bonds. The maximum atomic E-state index is 11.8. The number of allylic oxidation sites excluding steroid dienone is 2. The smallest absolute Gasteiger partial charge is 0.413 e. The molecule has 4 nitrogen and oxygen atoms in total. The number of cyclic esters (lactones) is 1. The first-order valence-corrected chi connectivity index (χ1v) is 6.22. The second kappa shape index (κ2) is 5.14. The highest BCUT2D eigenvalue weighted by molar-refractivity contribution is 5.72. The van der Waals surface area contributed by atoms with Gasteiger partial charge in [-0.05, 0) is 40.5 Å². The van der Waals surface area contributed by atoms with E-state index < -0.39 is 17.4 Å². The van der Waals surface area contributed by atoms with Crippen LogP contribution in [0.5, 0.6) is 0 Å². The van der Waals surface area contributed by atoms with Gasteiger partial charge in [-0.25, -0.2) is 4.79 Å². The van der Waals surface area contributed by atoms with Gasteiger partial charge in [-0.3, -0.25) is 4.90 Å². The zero-order chi connectivity index (χ0) is 14.0. The lowest BCUT2D eigenvalue weighted by Crippen LogP contribution is -2.54. The average Bonchev–Trinajstić information content (AvgIpc) is 2.39. The van der Waals surface area contributed by atoms with Gasteiger partial charge in [-0.2, -0.15) is 0 Å². The van der Waals surface area contributed by atoms with E-state index in [1.165, 1.54) is 10.5 Å². The Hall–Kier alpha value is -1.29. The van der Waals surface area contributed by atoms with E-state index in [2.05, 4.69) is 12.7 Å². The van der Waals surface area contributed by atoms with E-state index in [1.807, 2.05) is 13.8 Å². The van der Waals surface area contributed by atoms with Crippen molar-refractivity contribution in [2.24, 2.45) is 0 Å². The molecule has 2 atom stereocenters. The molecular weight excluding hydrogens is 230 g/mol. The number of hydrogen-bond donors (Lipinski definition) is 1. The highest BCUT2D eigenvalue weighted by Crippen LogP contribution is 2.40. The number of rotatable bonds is 5.